The van der Waals surface area contributed by atoms with E-state index in [9.17, 15) is 0 Å². The fraction of sp³-hybridized carbons (Fsp3) is 0.417. The highest BCUT2D eigenvalue weighted by Crippen LogP contribution is 2.11. The van der Waals surface area contributed by atoms with Gasteiger partial charge < -0.3 is 14.8 Å². The maximum Gasteiger partial charge on any atom is 0.137 e. The third kappa shape index (κ3) is 2.08. The molecule has 2 N–H and O–H groups in total. The number of pyridine rings is 1. The van der Waals surface area contributed by atoms with Crippen molar-refractivity contribution in [3.8, 4) is 0 Å². The molecule has 0 spiro atoms. The summed E-state index contributed by atoms with van der Waals surface area (Å²) in [5.41, 5.74) is 3.15. The molecule has 4 heteroatoms. The summed E-state index contributed by atoms with van der Waals surface area (Å²) >= 11 is 0. The first-order chi connectivity index (χ1) is 7.72. The van der Waals surface area contributed by atoms with Crippen LogP contribution < -0.4 is 5.32 Å². The number of aromatic nitrogens is 2. The zero-order chi connectivity index (χ0) is 11.5. The average molecular weight is 219 g/mol. The van der Waals surface area contributed by atoms with Gasteiger partial charge in [0.1, 0.15) is 5.65 Å². The summed E-state index contributed by atoms with van der Waals surface area (Å²) in [4.78, 5) is 4.48. The lowest BCUT2D eigenvalue weighted by molar-refractivity contribution is 0.250. The number of hydrogen-bond acceptors (Lipinski definition) is 3. The molecule has 0 aliphatic heterocycles. The second kappa shape index (κ2) is 4.63. The van der Waals surface area contributed by atoms with E-state index in [1.165, 1.54) is 0 Å². The van der Waals surface area contributed by atoms with E-state index < -0.39 is 0 Å². The van der Waals surface area contributed by atoms with E-state index in [4.69, 9.17) is 5.11 Å². The van der Waals surface area contributed by atoms with Gasteiger partial charge in [-0.2, -0.15) is 0 Å². The monoisotopic (exact) mass is 219 g/mol. The molecule has 2 aromatic heterocycles. The molecule has 0 amide bonds. The van der Waals surface area contributed by atoms with Gasteiger partial charge in [-0.1, -0.05) is 6.07 Å². The second-order valence-electron chi connectivity index (χ2n) is 4.04. The molecule has 2 aromatic rings. The Labute approximate surface area is 94.9 Å². The highest BCUT2D eigenvalue weighted by Gasteiger charge is 2.08. The maximum absolute atomic E-state index is 8.96. The molecule has 16 heavy (non-hydrogen) atoms. The first kappa shape index (κ1) is 11.1. The molecule has 4 nitrogen and oxygen atoms in total. The first-order valence-electron chi connectivity index (χ1n) is 5.49. The Bertz CT molecular complexity index is 478. The van der Waals surface area contributed by atoms with Gasteiger partial charge in [0.05, 0.1) is 18.0 Å². The van der Waals surface area contributed by atoms with Crippen LogP contribution in [0.5, 0.6) is 0 Å². The van der Waals surface area contributed by atoms with Gasteiger partial charge in [-0.15, -0.1) is 0 Å². The summed E-state index contributed by atoms with van der Waals surface area (Å²) in [5, 5.41) is 12.2. The Morgan fingerprint density at radius 2 is 2.31 bits per heavy atom. The van der Waals surface area contributed by atoms with E-state index in [1.807, 2.05) is 38.2 Å². The molecule has 86 valence electrons. The van der Waals surface area contributed by atoms with Crippen molar-refractivity contribution in [1.82, 2.24) is 14.7 Å². The van der Waals surface area contributed by atoms with E-state index in [1.54, 1.807) is 0 Å². The molecule has 0 saturated heterocycles. The summed E-state index contributed by atoms with van der Waals surface area (Å²) < 4.78 is 2.08. The van der Waals surface area contributed by atoms with Crippen LogP contribution in [0, 0.1) is 6.92 Å². The minimum atomic E-state index is 0.105. The number of nitrogens with one attached hydrogen (secondary N) is 1. The molecule has 0 fully saturated rings. The third-order valence-electron chi connectivity index (χ3n) is 2.72. The molecule has 0 aliphatic carbocycles. The Balaban J connectivity index is 2.26. The normalized spacial score (nSPS) is 13.2. The number of imidazole rings is 1. The predicted molar refractivity (Wildman–Crippen MR) is 63.3 cm³/mol. The van der Waals surface area contributed by atoms with Crippen molar-refractivity contribution >= 4 is 5.65 Å². The summed E-state index contributed by atoms with van der Waals surface area (Å²) in [6.07, 6.45) is 2.01. The van der Waals surface area contributed by atoms with Gasteiger partial charge in [-0.3, -0.25) is 0 Å². The number of aryl methyl sites for hydroxylation is 1. The zero-order valence-corrected chi connectivity index (χ0v) is 9.64. The van der Waals surface area contributed by atoms with Gasteiger partial charge in [-0.05, 0) is 26.0 Å². The van der Waals surface area contributed by atoms with Gasteiger partial charge in [0.25, 0.3) is 0 Å². The SMILES string of the molecule is Cc1nc2ccccn2c1CN[C@H](C)CO. The van der Waals surface area contributed by atoms with Crippen molar-refractivity contribution in [1.29, 1.82) is 0 Å². The fourth-order valence-corrected chi connectivity index (χ4v) is 1.71. The first-order valence-corrected chi connectivity index (χ1v) is 5.49. The Morgan fingerprint density at radius 1 is 1.50 bits per heavy atom. The molecular weight excluding hydrogens is 202 g/mol. The molecule has 0 unspecified atom stereocenters. The summed E-state index contributed by atoms with van der Waals surface area (Å²) in [5.74, 6) is 0. The molecule has 0 saturated carbocycles. The van der Waals surface area contributed by atoms with Gasteiger partial charge in [0.2, 0.25) is 0 Å². The average Bonchev–Trinajstić information content (AvgIpc) is 2.62. The van der Waals surface area contributed by atoms with Gasteiger partial charge in [0.15, 0.2) is 0 Å². The summed E-state index contributed by atoms with van der Waals surface area (Å²) in [6.45, 7) is 4.83. The van der Waals surface area contributed by atoms with Crippen LogP contribution in [0.3, 0.4) is 0 Å². The number of aliphatic hydroxyl groups excluding tert-OH is 1. The minimum absolute atomic E-state index is 0.105. The second-order valence-corrected chi connectivity index (χ2v) is 4.04. The number of fused-ring (bicyclic) bond motifs is 1. The van der Waals surface area contributed by atoms with Crippen LogP contribution in [0.4, 0.5) is 0 Å². The fourth-order valence-electron chi connectivity index (χ4n) is 1.71. The molecule has 0 radical (unpaired) electrons. The van der Waals surface area contributed by atoms with Gasteiger partial charge in [0, 0.05) is 18.8 Å². The largest absolute Gasteiger partial charge is 0.395 e. The Hall–Kier alpha value is -1.39. The highest BCUT2D eigenvalue weighted by molar-refractivity contribution is 5.42. The Kier molecular flexibility index (Phi) is 3.22. The lowest BCUT2D eigenvalue weighted by Gasteiger charge is -2.10. The van der Waals surface area contributed by atoms with Crippen LogP contribution >= 0.6 is 0 Å². The van der Waals surface area contributed by atoms with E-state index in [0.717, 1.165) is 23.6 Å². The number of rotatable bonds is 4. The maximum atomic E-state index is 8.96. The zero-order valence-electron chi connectivity index (χ0n) is 9.64. The van der Waals surface area contributed by atoms with Gasteiger partial charge >= 0.3 is 0 Å². The summed E-state index contributed by atoms with van der Waals surface area (Å²) in [6, 6.07) is 6.07. The van der Waals surface area contributed by atoms with Crippen molar-refractivity contribution in [2.24, 2.45) is 0 Å². The van der Waals surface area contributed by atoms with Crippen LogP contribution in [0.25, 0.3) is 5.65 Å². The van der Waals surface area contributed by atoms with E-state index >= 15 is 0 Å². The Morgan fingerprint density at radius 3 is 3.06 bits per heavy atom. The van der Waals surface area contributed by atoms with E-state index in [0.29, 0.717) is 0 Å². The number of nitrogens with zero attached hydrogens (tertiary/aromatic N) is 2. The predicted octanol–water partition coefficient (Wildman–Crippen LogP) is 1.11. The van der Waals surface area contributed by atoms with Crippen molar-refractivity contribution in [3.05, 3.63) is 35.8 Å². The third-order valence-corrected chi connectivity index (χ3v) is 2.72. The van der Waals surface area contributed by atoms with E-state index in [2.05, 4.69) is 14.7 Å². The quantitative estimate of drug-likeness (QED) is 0.810. The smallest absolute Gasteiger partial charge is 0.137 e. The van der Waals surface area contributed by atoms with Crippen molar-refractivity contribution in [3.63, 3.8) is 0 Å². The lowest BCUT2D eigenvalue weighted by atomic mass is 10.3. The van der Waals surface area contributed by atoms with Crippen LogP contribution in [0.2, 0.25) is 0 Å². The molecule has 1 atom stereocenters. The molecule has 0 aromatic carbocycles. The molecule has 0 bridgehead atoms. The molecule has 0 aliphatic rings. The van der Waals surface area contributed by atoms with Crippen LogP contribution in [0.15, 0.2) is 24.4 Å². The molecular formula is C12H17N3O. The standard InChI is InChI=1S/C12H17N3O/c1-9(8-16)13-7-11-10(2)14-12-5-3-4-6-15(11)12/h3-6,9,13,16H,7-8H2,1-2H3/t9-/m1/s1. The van der Waals surface area contributed by atoms with Crippen LogP contribution in [-0.4, -0.2) is 27.1 Å². The van der Waals surface area contributed by atoms with Crippen molar-refractivity contribution in [2.75, 3.05) is 6.61 Å². The van der Waals surface area contributed by atoms with Gasteiger partial charge in [-0.25, -0.2) is 4.98 Å². The van der Waals surface area contributed by atoms with Crippen molar-refractivity contribution in [2.45, 2.75) is 26.4 Å². The van der Waals surface area contributed by atoms with Crippen molar-refractivity contribution < 1.29 is 5.11 Å². The molecule has 2 heterocycles. The summed E-state index contributed by atoms with van der Waals surface area (Å²) in [7, 11) is 0. The lowest BCUT2D eigenvalue weighted by Crippen LogP contribution is -2.29. The van der Waals surface area contributed by atoms with E-state index in [-0.39, 0.29) is 12.6 Å². The number of aliphatic hydroxyl groups is 1. The number of hydrogen-bond donors (Lipinski definition) is 2. The van der Waals surface area contributed by atoms with Crippen LogP contribution in [-0.2, 0) is 6.54 Å². The highest BCUT2D eigenvalue weighted by atomic mass is 16.3. The molecule has 2 rings (SSSR count). The van der Waals surface area contributed by atoms with Crippen LogP contribution in [0.1, 0.15) is 18.3 Å². The minimum Gasteiger partial charge on any atom is -0.395 e. The topological polar surface area (TPSA) is 49.6 Å².